The molecule has 0 aliphatic heterocycles. The number of aryl methyl sites for hydroxylation is 1. The first-order valence-corrected chi connectivity index (χ1v) is 7.87. The highest BCUT2D eigenvalue weighted by molar-refractivity contribution is 9.10. The maximum absolute atomic E-state index is 13.9. The van der Waals surface area contributed by atoms with E-state index in [1.54, 1.807) is 23.5 Å². The number of halogens is 2. The van der Waals surface area contributed by atoms with Gasteiger partial charge in [0.25, 0.3) is 0 Å². The van der Waals surface area contributed by atoms with Gasteiger partial charge in [0.1, 0.15) is 5.82 Å². The van der Waals surface area contributed by atoms with Gasteiger partial charge in [-0.25, -0.2) is 4.39 Å². The lowest BCUT2D eigenvalue weighted by Gasteiger charge is -2.13. The summed E-state index contributed by atoms with van der Waals surface area (Å²) in [6.07, 6.45) is 0. The molecule has 102 valence electrons. The summed E-state index contributed by atoms with van der Waals surface area (Å²) >= 11 is 5.18. The molecule has 1 unspecified atom stereocenters. The van der Waals surface area contributed by atoms with Crippen LogP contribution in [-0.2, 0) is 0 Å². The molecule has 2 N–H and O–H groups in total. The van der Waals surface area contributed by atoms with Gasteiger partial charge in [-0.2, -0.15) is 0 Å². The van der Waals surface area contributed by atoms with Gasteiger partial charge in [0.05, 0.1) is 6.04 Å². The zero-order chi connectivity index (χ0) is 14.3. The molecule has 0 aliphatic carbocycles. The Balaban J connectivity index is 2.17. The van der Waals surface area contributed by atoms with Crippen molar-refractivity contribution in [3.8, 4) is 0 Å². The van der Waals surface area contributed by atoms with E-state index in [0.717, 1.165) is 20.3 Å². The number of thiophene rings is 1. The number of hydrogen-bond donors (Lipinski definition) is 1. The molecule has 0 bridgehead atoms. The molecular weight excluding hydrogens is 337 g/mol. The Morgan fingerprint density at radius 2 is 1.85 bits per heavy atom. The fraction of sp³-hybridized carbons (Fsp3) is 0.125. The molecule has 0 aliphatic rings. The summed E-state index contributed by atoms with van der Waals surface area (Å²) in [5.41, 5.74) is 7.34. The largest absolute Gasteiger partial charge is 0.320 e. The van der Waals surface area contributed by atoms with Crippen LogP contribution in [0, 0.1) is 12.7 Å². The molecule has 1 aromatic heterocycles. The average molecular weight is 350 g/mol. The van der Waals surface area contributed by atoms with E-state index in [2.05, 4.69) is 15.9 Å². The average Bonchev–Trinajstić information content (AvgIpc) is 2.79. The molecule has 1 atom stereocenters. The zero-order valence-corrected chi connectivity index (χ0v) is 13.3. The van der Waals surface area contributed by atoms with Crippen LogP contribution in [0.1, 0.15) is 21.4 Å². The molecule has 1 heterocycles. The topological polar surface area (TPSA) is 26.0 Å². The highest BCUT2D eigenvalue weighted by atomic mass is 79.9. The smallest absolute Gasteiger partial charge is 0.131 e. The van der Waals surface area contributed by atoms with Crippen LogP contribution in [0.15, 0.2) is 46.9 Å². The highest BCUT2D eigenvalue weighted by Gasteiger charge is 2.16. The van der Waals surface area contributed by atoms with Gasteiger partial charge in [-0.05, 0) is 45.9 Å². The molecule has 0 saturated heterocycles. The third kappa shape index (κ3) is 2.28. The third-order valence-electron chi connectivity index (χ3n) is 3.42. The minimum absolute atomic E-state index is 0.208. The summed E-state index contributed by atoms with van der Waals surface area (Å²) in [6.45, 7) is 2.05. The number of benzene rings is 2. The molecule has 3 aromatic rings. The van der Waals surface area contributed by atoms with Crippen LogP contribution in [0.5, 0.6) is 0 Å². The van der Waals surface area contributed by atoms with Crippen LogP contribution < -0.4 is 5.73 Å². The molecular formula is C16H13BrFNS. The highest BCUT2D eigenvalue weighted by Crippen LogP contribution is 2.35. The van der Waals surface area contributed by atoms with Crippen molar-refractivity contribution in [3.63, 3.8) is 0 Å². The SMILES string of the molecule is Cc1sc(C(N)c2ccc(F)c3ccccc23)cc1Br. The molecule has 0 spiro atoms. The van der Waals surface area contributed by atoms with Crippen LogP contribution in [0.2, 0.25) is 0 Å². The van der Waals surface area contributed by atoms with Gasteiger partial charge in [0.2, 0.25) is 0 Å². The first-order chi connectivity index (χ1) is 9.58. The standard InChI is InChI=1S/C16H13BrFNS/c1-9-13(17)8-15(20-9)16(19)12-6-7-14(18)11-5-3-2-4-10(11)12/h2-8,16H,19H2,1H3. The van der Waals surface area contributed by atoms with E-state index in [-0.39, 0.29) is 11.9 Å². The van der Waals surface area contributed by atoms with Crippen LogP contribution in [-0.4, -0.2) is 0 Å². The van der Waals surface area contributed by atoms with E-state index >= 15 is 0 Å². The van der Waals surface area contributed by atoms with Gasteiger partial charge in [-0.3, -0.25) is 0 Å². The molecule has 20 heavy (non-hydrogen) atoms. The Morgan fingerprint density at radius 1 is 1.15 bits per heavy atom. The van der Waals surface area contributed by atoms with Gasteiger partial charge in [0, 0.05) is 19.6 Å². The Hall–Kier alpha value is -1.23. The lowest BCUT2D eigenvalue weighted by Crippen LogP contribution is -2.11. The second kappa shape index (κ2) is 5.28. The van der Waals surface area contributed by atoms with E-state index in [1.807, 2.05) is 31.2 Å². The lowest BCUT2D eigenvalue weighted by atomic mass is 9.98. The summed E-state index contributed by atoms with van der Waals surface area (Å²) in [5.74, 6) is -0.208. The summed E-state index contributed by atoms with van der Waals surface area (Å²) in [5, 5.41) is 1.50. The minimum atomic E-state index is -0.240. The van der Waals surface area contributed by atoms with Gasteiger partial charge < -0.3 is 5.73 Å². The summed E-state index contributed by atoms with van der Waals surface area (Å²) in [4.78, 5) is 2.27. The monoisotopic (exact) mass is 349 g/mol. The van der Waals surface area contributed by atoms with Crippen LogP contribution in [0.25, 0.3) is 10.8 Å². The zero-order valence-electron chi connectivity index (χ0n) is 10.9. The van der Waals surface area contributed by atoms with Crippen molar-refractivity contribution in [2.24, 2.45) is 5.73 Å². The molecule has 0 saturated carbocycles. The predicted octanol–water partition coefficient (Wildman–Crippen LogP) is 5.16. The molecule has 0 radical (unpaired) electrons. The fourth-order valence-electron chi connectivity index (χ4n) is 2.34. The minimum Gasteiger partial charge on any atom is -0.320 e. The predicted molar refractivity (Wildman–Crippen MR) is 86.7 cm³/mol. The van der Waals surface area contributed by atoms with E-state index in [4.69, 9.17) is 5.73 Å². The van der Waals surface area contributed by atoms with Gasteiger partial charge in [-0.1, -0.05) is 30.3 Å². The van der Waals surface area contributed by atoms with Gasteiger partial charge in [-0.15, -0.1) is 11.3 Å². The Bertz CT molecular complexity index is 762. The van der Waals surface area contributed by atoms with Crippen molar-refractivity contribution in [1.82, 2.24) is 0 Å². The van der Waals surface area contributed by atoms with E-state index in [0.29, 0.717) is 5.39 Å². The first kappa shape index (κ1) is 13.7. The van der Waals surface area contributed by atoms with Crippen molar-refractivity contribution < 1.29 is 4.39 Å². The third-order valence-corrected chi connectivity index (χ3v) is 5.64. The number of rotatable bonds is 2. The molecule has 2 aromatic carbocycles. The first-order valence-electron chi connectivity index (χ1n) is 6.26. The van der Waals surface area contributed by atoms with Crippen LogP contribution in [0.4, 0.5) is 4.39 Å². The summed E-state index contributed by atoms with van der Waals surface area (Å²) in [6, 6.07) is 12.5. The molecule has 3 rings (SSSR count). The normalized spacial score (nSPS) is 12.8. The lowest BCUT2D eigenvalue weighted by molar-refractivity contribution is 0.639. The molecule has 0 fully saturated rings. The van der Waals surface area contributed by atoms with Crippen molar-refractivity contribution in [2.75, 3.05) is 0 Å². The van der Waals surface area contributed by atoms with Crippen LogP contribution >= 0.6 is 27.3 Å². The Morgan fingerprint density at radius 3 is 2.50 bits per heavy atom. The van der Waals surface area contributed by atoms with E-state index in [1.165, 1.54) is 10.9 Å². The van der Waals surface area contributed by atoms with E-state index < -0.39 is 0 Å². The number of nitrogens with two attached hydrogens (primary N) is 1. The summed E-state index contributed by atoms with van der Waals surface area (Å²) in [7, 11) is 0. The quantitative estimate of drug-likeness (QED) is 0.679. The maximum atomic E-state index is 13.9. The Kier molecular flexibility index (Phi) is 3.63. The van der Waals surface area contributed by atoms with Crippen molar-refractivity contribution in [1.29, 1.82) is 0 Å². The second-order valence-electron chi connectivity index (χ2n) is 4.71. The van der Waals surface area contributed by atoms with Crippen molar-refractivity contribution >= 4 is 38.0 Å². The number of fused-ring (bicyclic) bond motifs is 1. The van der Waals surface area contributed by atoms with Crippen molar-refractivity contribution in [2.45, 2.75) is 13.0 Å². The summed E-state index contributed by atoms with van der Waals surface area (Å²) < 4.78 is 14.9. The fourth-order valence-corrected chi connectivity index (χ4v) is 3.93. The van der Waals surface area contributed by atoms with Crippen molar-refractivity contribution in [3.05, 3.63) is 68.1 Å². The van der Waals surface area contributed by atoms with Gasteiger partial charge >= 0.3 is 0 Å². The maximum Gasteiger partial charge on any atom is 0.131 e. The number of hydrogen-bond acceptors (Lipinski definition) is 2. The van der Waals surface area contributed by atoms with Crippen LogP contribution in [0.3, 0.4) is 0 Å². The molecule has 4 heteroatoms. The second-order valence-corrected chi connectivity index (χ2v) is 6.85. The van der Waals surface area contributed by atoms with Gasteiger partial charge in [0.15, 0.2) is 0 Å². The molecule has 1 nitrogen and oxygen atoms in total. The molecule has 0 amide bonds. The Labute approximate surface area is 129 Å². The van der Waals surface area contributed by atoms with E-state index in [9.17, 15) is 4.39 Å².